The fraction of sp³-hybridized carbons (Fsp3) is 0.400. The van der Waals surface area contributed by atoms with Crippen LogP contribution in [-0.4, -0.2) is 30.7 Å². The Hall–Kier alpha value is -1.98. The average molecular weight is 220 g/mol. The molecule has 6 nitrogen and oxygen atoms in total. The largest absolute Gasteiger partial charge is 0.477 e. The lowest BCUT2D eigenvalue weighted by Gasteiger charge is -2.07. The third kappa shape index (κ3) is 1.62. The van der Waals surface area contributed by atoms with Gasteiger partial charge in [-0.3, -0.25) is 0 Å². The van der Waals surface area contributed by atoms with Crippen LogP contribution >= 0.6 is 0 Å². The Bertz CT molecular complexity index is 559. The zero-order valence-electron chi connectivity index (χ0n) is 9.30. The van der Waals surface area contributed by atoms with Crippen LogP contribution in [0, 0.1) is 6.92 Å². The van der Waals surface area contributed by atoms with Gasteiger partial charge >= 0.3 is 5.97 Å². The van der Waals surface area contributed by atoms with Crippen molar-refractivity contribution in [2.45, 2.75) is 26.7 Å². The highest BCUT2D eigenvalue weighted by molar-refractivity contribution is 5.85. The number of carboxylic acids is 1. The van der Waals surface area contributed by atoms with Gasteiger partial charge in [0.1, 0.15) is 5.82 Å². The van der Waals surface area contributed by atoms with Gasteiger partial charge in [-0.25, -0.2) is 14.3 Å². The van der Waals surface area contributed by atoms with Gasteiger partial charge in [0.15, 0.2) is 5.69 Å². The fourth-order valence-corrected chi connectivity index (χ4v) is 1.51. The van der Waals surface area contributed by atoms with E-state index in [1.165, 1.54) is 6.07 Å². The molecule has 0 aliphatic carbocycles. The van der Waals surface area contributed by atoms with E-state index in [4.69, 9.17) is 5.11 Å². The van der Waals surface area contributed by atoms with E-state index in [1.54, 1.807) is 11.4 Å². The molecule has 0 unspecified atom stereocenters. The van der Waals surface area contributed by atoms with Gasteiger partial charge in [0.25, 0.3) is 5.78 Å². The van der Waals surface area contributed by atoms with Gasteiger partial charge in [0.2, 0.25) is 0 Å². The Kier molecular flexibility index (Phi) is 2.34. The molecule has 84 valence electrons. The maximum absolute atomic E-state index is 10.9. The minimum atomic E-state index is -1.05. The number of rotatable bonds is 2. The number of aryl methyl sites for hydroxylation is 1. The number of nitrogens with zero attached hydrogens (tertiary/aromatic N) is 4. The van der Waals surface area contributed by atoms with Gasteiger partial charge in [-0.1, -0.05) is 13.8 Å². The number of carboxylic acid groups (broad SMARTS) is 1. The van der Waals surface area contributed by atoms with Crippen molar-refractivity contribution in [1.82, 2.24) is 19.6 Å². The SMILES string of the molecule is Cc1nc2nc(C(=O)O)cc(C(C)C)n2n1. The molecule has 16 heavy (non-hydrogen) atoms. The first kappa shape index (κ1) is 10.5. The van der Waals surface area contributed by atoms with E-state index >= 15 is 0 Å². The van der Waals surface area contributed by atoms with Crippen molar-refractivity contribution in [2.24, 2.45) is 0 Å². The summed E-state index contributed by atoms with van der Waals surface area (Å²) in [6.45, 7) is 5.69. The Morgan fingerprint density at radius 1 is 1.44 bits per heavy atom. The van der Waals surface area contributed by atoms with Crippen LogP contribution in [0.5, 0.6) is 0 Å². The molecule has 0 aliphatic heterocycles. The van der Waals surface area contributed by atoms with E-state index in [2.05, 4.69) is 15.1 Å². The first-order valence-corrected chi connectivity index (χ1v) is 4.96. The Morgan fingerprint density at radius 2 is 2.12 bits per heavy atom. The molecule has 0 atom stereocenters. The first-order valence-electron chi connectivity index (χ1n) is 4.96. The maximum atomic E-state index is 10.9. The normalized spacial score (nSPS) is 11.2. The van der Waals surface area contributed by atoms with Crippen LogP contribution in [0.4, 0.5) is 0 Å². The highest BCUT2D eigenvalue weighted by Gasteiger charge is 2.15. The molecule has 1 N–H and O–H groups in total. The predicted octanol–water partition coefficient (Wildman–Crippen LogP) is 1.25. The highest BCUT2D eigenvalue weighted by atomic mass is 16.4. The van der Waals surface area contributed by atoms with E-state index in [9.17, 15) is 4.79 Å². The molecule has 0 bridgehead atoms. The number of fused-ring (bicyclic) bond motifs is 1. The number of hydrogen-bond acceptors (Lipinski definition) is 4. The van der Waals surface area contributed by atoms with Gasteiger partial charge in [0, 0.05) is 0 Å². The third-order valence-corrected chi connectivity index (χ3v) is 2.26. The number of aromatic carboxylic acids is 1. The number of hydrogen-bond donors (Lipinski definition) is 1. The second kappa shape index (κ2) is 3.55. The molecule has 0 saturated heterocycles. The molecule has 6 heteroatoms. The lowest BCUT2D eigenvalue weighted by molar-refractivity contribution is 0.0690. The van der Waals surface area contributed by atoms with Crippen molar-refractivity contribution >= 4 is 11.7 Å². The van der Waals surface area contributed by atoms with Crippen LogP contribution in [0.1, 0.15) is 41.8 Å². The summed E-state index contributed by atoms with van der Waals surface area (Å²) in [6.07, 6.45) is 0. The molecular formula is C10H12N4O2. The molecule has 2 heterocycles. The highest BCUT2D eigenvalue weighted by Crippen LogP contribution is 2.16. The summed E-state index contributed by atoms with van der Waals surface area (Å²) in [4.78, 5) is 18.9. The Labute approximate surface area is 92.0 Å². The van der Waals surface area contributed by atoms with Gasteiger partial charge in [-0.05, 0) is 18.9 Å². The average Bonchev–Trinajstić information content (AvgIpc) is 2.55. The van der Waals surface area contributed by atoms with E-state index in [-0.39, 0.29) is 11.6 Å². The molecule has 2 aromatic rings. The lowest BCUT2D eigenvalue weighted by Crippen LogP contribution is -2.09. The fourth-order valence-electron chi connectivity index (χ4n) is 1.51. The quantitative estimate of drug-likeness (QED) is 0.823. The van der Waals surface area contributed by atoms with Crippen molar-refractivity contribution in [2.75, 3.05) is 0 Å². The number of aromatic nitrogens is 4. The van der Waals surface area contributed by atoms with Crippen LogP contribution in [-0.2, 0) is 0 Å². The topological polar surface area (TPSA) is 80.4 Å². The van der Waals surface area contributed by atoms with Gasteiger partial charge in [-0.15, -0.1) is 0 Å². The minimum Gasteiger partial charge on any atom is -0.477 e. The second-order valence-electron chi connectivity index (χ2n) is 3.90. The van der Waals surface area contributed by atoms with E-state index in [0.717, 1.165) is 5.69 Å². The maximum Gasteiger partial charge on any atom is 0.354 e. The van der Waals surface area contributed by atoms with Crippen LogP contribution in [0.2, 0.25) is 0 Å². The summed E-state index contributed by atoms with van der Waals surface area (Å²) >= 11 is 0. The van der Waals surface area contributed by atoms with Crippen LogP contribution in [0.3, 0.4) is 0 Å². The van der Waals surface area contributed by atoms with E-state index in [0.29, 0.717) is 11.6 Å². The smallest absolute Gasteiger partial charge is 0.354 e. The summed E-state index contributed by atoms with van der Waals surface area (Å²) in [7, 11) is 0. The summed E-state index contributed by atoms with van der Waals surface area (Å²) in [5.41, 5.74) is 0.798. The molecule has 0 spiro atoms. The summed E-state index contributed by atoms with van der Waals surface area (Å²) in [5.74, 6) is 0.0211. The Morgan fingerprint density at radius 3 is 2.69 bits per heavy atom. The second-order valence-corrected chi connectivity index (χ2v) is 3.90. The summed E-state index contributed by atoms with van der Waals surface area (Å²) in [5, 5.41) is 13.1. The van der Waals surface area contributed by atoms with Gasteiger partial charge in [-0.2, -0.15) is 10.1 Å². The Balaban J connectivity index is 2.78. The van der Waals surface area contributed by atoms with Gasteiger partial charge < -0.3 is 5.11 Å². The molecule has 0 radical (unpaired) electrons. The van der Waals surface area contributed by atoms with Crippen molar-refractivity contribution in [3.8, 4) is 0 Å². The lowest BCUT2D eigenvalue weighted by atomic mass is 10.1. The van der Waals surface area contributed by atoms with Crippen molar-refractivity contribution in [1.29, 1.82) is 0 Å². The zero-order valence-corrected chi connectivity index (χ0v) is 9.30. The summed E-state index contributed by atoms with van der Waals surface area (Å²) < 4.78 is 1.59. The predicted molar refractivity (Wildman–Crippen MR) is 56.6 cm³/mol. The molecule has 2 rings (SSSR count). The minimum absolute atomic E-state index is 0.00333. The molecule has 0 aromatic carbocycles. The molecule has 2 aromatic heterocycles. The van der Waals surface area contributed by atoms with Crippen molar-refractivity contribution in [3.63, 3.8) is 0 Å². The van der Waals surface area contributed by atoms with Crippen molar-refractivity contribution < 1.29 is 9.90 Å². The van der Waals surface area contributed by atoms with Crippen LogP contribution in [0.15, 0.2) is 6.07 Å². The first-order chi connectivity index (χ1) is 7.49. The van der Waals surface area contributed by atoms with Crippen LogP contribution in [0.25, 0.3) is 5.78 Å². The molecular weight excluding hydrogens is 208 g/mol. The zero-order chi connectivity index (χ0) is 11.9. The number of carbonyl (C=O) groups is 1. The summed E-state index contributed by atoms with van der Waals surface area (Å²) in [6, 6.07) is 1.54. The van der Waals surface area contributed by atoms with E-state index < -0.39 is 5.97 Å². The third-order valence-electron chi connectivity index (χ3n) is 2.26. The molecule has 0 amide bonds. The molecule has 0 aliphatic rings. The standard InChI is InChI=1S/C10H12N4O2/c1-5(2)8-4-7(9(15)16)12-10-11-6(3)13-14(8)10/h4-5H,1-3H3,(H,15,16). The monoisotopic (exact) mass is 220 g/mol. The van der Waals surface area contributed by atoms with Gasteiger partial charge in [0.05, 0.1) is 5.69 Å². The van der Waals surface area contributed by atoms with Crippen molar-refractivity contribution in [3.05, 3.63) is 23.3 Å². The van der Waals surface area contributed by atoms with Crippen LogP contribution < -0.4 is 0 Å². The molecule has 0 fully saturated rings. The molecule has 0 saturated carbocycles. The van der Waals surface area contributed by atoms with E-state index in [1.807, 2.05) is 13.8 Å².